The third kappa shape index (κ3) is 3.97. The van der Waals surface area contributed by atoms with Gasteiger partial charge in [0.05, 0.1) is 20.9 Å². The van der Waals surface area contributed by atoms with Crippen LogP contribution in [0.5, 0.6) is 0 Å². The van der Waals surface area contributed by atoms with E-state index in [4.69, 9.17) is 51.1 Å². The van der Waals surface area contributed by atoms with Crippen LogP contribution in [-0.4, -0.2) is 10.9 Å². The van der Waals surface area contributed by atoms with Gasteiger partial charge < -0.3 is 4.74 Å². The monoisotopic (exact) mass is 411 g/mol. The van der Waals surface area contributed by atoms with Gasteiger partial charge in [-0.2, -0.15) is 0 Å². The van der Waals surface area contributed by atoms with E-state index in [2.05, 4.69) is 0 Å². The molecule has 0 spiro atoms. The highest BCUT2D eigenvalue weighted by molar-refractivity contribution is 6.55. The Morgan fingerprint density at radius 3 is 2.33 bits per heavy atom. The van der Waals surface area contributed by atoms with Crippen molar-refractivity contribution in [2.24, 2.45) is 17.3 Å². The van der Waals surface area contributed by atoms with Crippen LogP contribution in [0.15, 0.2) is 22.7 Å². The molecular weight excluding hydrogens is 400 g/mol. The normalized spacial score (nSPS) is 21.1. The molecule has 1 aromatic rings. The molecule has 0 bridgehead atoms. The molecule has 0 N–H and O–H groups in total. The highest BCUT2D eigenvalue weighted by Gasteiger charge is 2.61. The van der Waals surface area contributed by atoms with Gasteiger partial charge >= 0.3 is 5.97 Å². The van der Waals surface area contributed by atoms with E-state index in [9.17, 15) is 14.9 Å². The minimum absolute atomic E-state index is 0.0669. The molecule has 1 aliphatic rings. The topological polar surface area (TPSA) is 69.4 Å². The van der Waals surface area contributed by atoms with Crippen LogP contribution in [0.4, 0.5) is 5.69 Å². The number of non-ortho nitro benzene ring substituents is 1. The Labute approximate surface area is 158 Å². The van der Waals surface area contributed by atoms with Crippen molar-refractivity contribution >= 4 is 58.1 Å². The SMILES string of the molecule is CC1(C)C(C=C(Cl)Cl)C1C(=O)OCc1c(Cl)cc([N+](=O)[O-])cc1Cl. The Morgan fingerprint density at radius 1 is 1.33 bits per heavy atom. The molecule has 9 heteroatoms. The lowest BCUT2D eigenvalue weighted by atomic mass is 10.1. The zero-order valence-electron chi connectivity index (χ0n) is 12.7. The van der Waals surface area contributed by atoms with Crippen LogP contribution < -0.4 is 0 Å². The van der Waals surface area contributed by atoms with Gasteiger partial charge in [-0.15, -0.1) is 0 Å². The molecule has 1 fully saturated rings. The molecule has 2 rings (SSSR count). The second-order valence-electron chi connectivity index (χ2n) is 6.03. The van der Waals surface area contributed by atoms with Gasteiger partial charge in [-0.25, -0.2) is 0 Å². The van der Waals surface area contributed by atoms with E-state index in [1.165, 1.54) is 0 Å². The average Bonchev–Trinajstić information content (AvgIpc) is 2.97. The predicted octanol–water partition coefficient (Wildman–Crippen LogP) is 5.54. The van der Waals surface area contributed by atoms with Crippen LogP contribution in [-0.2, 0) is 16.1 Å². The summed E-state index contributed by atoms with van der Waals surface area (Å²) in [7, 11) is 0. The van der Waals surface area contributed by atoms with Crippen molar-refractivity contribution in [2.75, 3.05) is 0 Å². The molecule has 1 aliphatic carbocycles. The highest BCUT2D eigenvalue weighted by Crippen LogP contribution is 2.60. The molecule has 0 radical (unpaired) electrons. The minimum atomic E-state index is -0.604. The Hall–Kier alpha value is -1.01. The molecule has 0 aliphatic heterocycles. The van der Waals surface area contributed by atoms with Gasteiger partial charge in [0.25, 0.3) is 5.69 Å². The molecule has 0 heterocycles. The number of esters is 1. The van der Waals surface area contributed by atoms with Crippen molar-refractivity contribution in [3.63, 3.8) is 0 Å². The lowest BCUT2D eigenvalue weighted by Gasteiger charge is -2.09. The minimum Gasteiger partial charge on any atom is -0.460 e. The van der Waals surface area contributed by atoms with Crippen LogP contribution in [0.25, 0.3) is 0 Å². The number of nitro benzene ring substituents is 1. The van der Waals surface area contributed by atoms with E-state index in [0.29, 0.717) is 5.56 Å². The standard InChI is InChI=1S/C15H13Cl4NO4/c1-15(2)9(5-12(18)19)13(15)14(21)24-6-8-10(16)3-7(20(22)23)4-11(8)17/h3-5,9,13H,6H2,1-2H3. The van der Waals surface area contributed by atoms with Crippen molar-refractivity contribution in [1.29, 1.82) is 0 Å². The Balaban J connectivity index is 2.08. The highest BCUT2D eigenvalue weighted by atomic mass is 35.5. The van der Waals surface area contributed by atoms with Gasteiger partial charge in [0.15, 0.2) is 0 Å². The first-order valence-corrected chi connectivity index (χ1v) is 8.38. The zero-order chi connectivity index (χ0) is 18.2. The van der Waals surface area contributed by atoms with Gasteiger partial charge in [0.2, 0.25) is 0 Å². The fraction of sp³-hybridized carbons (Fsp3) is 0.400. The third-order valence-electron chi connectivity index (χ3n) is 4.17. The molecule has 2 atom stereocenters. The largest absolute Gasteiger partial charge is 0.460 e. The lowest BCUT2D eigenvalue weighted by molar-refractivity contribution is -0.384. The van der Waals surface area contributed by atoms with E-state index in [-0.39, 0.29) is 44.1 Å². The van der Waals surface area contributed by atoms with Gasteiger partial charge in [-0.1, -0.05) is 60.3 Å². The molecule has 0 saturated heterocycles. The van der Waals surface area contributed by atoms with Crippen molar-refractivity contribution in [2.45, 2.75) is 20.5 Å². The van der Waals surface area contributed by atoms with Crippen molar-refractivity contribution < 1.29 is 14.5 Å². The first-order valence-electron chi connectivity index (χ1n) is 6.87. The molecule has 130 valence electrons. The van der Waals surface area contributed by atoms with Gasteiger partial charge in [0.1, 0.15) is 11.1 Å². The molecule has 0 amide bonds. The Morgan fingerprint density at radius 2 is 1.88 bits per heavy atom. The average molecular weight is 413 g/mol. The number of hydrogen-bond donors (Lipinski definition) is 0. The number of allylic oxidation sites excluding steroid dienone is 1. The van der Waals surface area contributed by atoms with E-state index < -0.39 is 10.9 Å². The van der Waals surface area contributed by atoms with E-state index in [0.717, 1.165) is 12.1 Å². The molecule has 2 unspecified atom stereocenters. The van der Waals surface area contributed by atoms with Crippen molar-refractivity contribution in [1.82, 2.24) is 0 Å². The summed E-state index contributed by atoms with van der Waals surface area (Å²) in [5.74, 6) is -0.917. The van der Waals surface area contributed by atoms with Gasteiger partial charge in [0, 0.05) is 17.7 Å². The fourth-order valence-electron chi connectivity index (χ4n) is 2.64. The number of benzene rings is 1. The number of carbonyl (C=O) groups excluding carboxylic acids is 1. The Bertz CT molecular complexity index is 705. The predicted molar refractivity (Wildman–Crippen MR) is 93.5 cm³/mol. The third-order valence-corrected chi connectivity index (χ3v) is 5.09. The van der Waals surface area contributed by atoms with Crippen LogP contribution in [0.2, 0.25) is 10.0 Å². The number of rotatable bonds is 5. The first-order chi connectivity index (χ1) is 11.1. The molecule has 1 aromatic carbocycles. The second kappa shape index (κ2) is 7.08. The number of hydrogen-bond acceptors (Lipinski definition) is 4. The maximum Gasteiger partial charge on any atom is 0.310 e. The number of halogens is 4. The molecule has 1 saturated carbocycles. The maximum absolute atomic E-state index is 12.3. The summed E-state index contributed by atoms with van der Waals surface area (Å²) in [5, 5.41) is 10.9. The van der Waals surface area contributed by atoms with Crippen molar-refractivity contribution in [3.05, 3.63) is 48.4 Å². The fourth-order valence-corrected chi connectivity index (χ4v) is 3.50. The van der Waals surface area contributed by atoms with E-state index in [1.807, 2.05) is 13.8 Å². The summed E-state index contributed by atoms with van der Waals surface area (Å²) >= 11 is 23.3. The summed E-state index contributed by atoms with van der Waals surface area (Å²) in [5.41, 5.74) is -0.224. The summed E-state index contributed by atoms with van der Waals surface area (Å²) in [6.45, 7) is 3.64. The van der Waals surface area contributed by atoms with Gasteiger partial charge in [-0.05, 0) is 17.4 Å². The van der Waals surface area contributed by atoms with E-state index in [1.54, 1.807) is 6.08 Å². The summed E-state index contributed by atoms with van der Waals surface area (Å²) in [6, 6.07) is 2.33. The first kappa shape index (κ1) is 19.3. The number of nitrogens with zero attached hydrogens (tertiary/aromatic N) is 1. The Kier molecular flexibility index (Phi) is 5.70. The van der Waals surface area contributed by atoms with E-state index >= 15 is 0 Å². The zero-order valence-corrected chi connectivity index (χ0v) is 15.7. The second-order valence-corrected chi connectivity index (χ2v) is 7.86. The van der Waals surface area contributed by atoms with Crippen molar-refractivity contribution in [3.8, 4) is 0 Å². The van der Waals surface area contributed by atoms with Crippen LogP contribution in [0.1, 0.15) is 19.4 Å². The van der Waals surface area contributed by atoms with Crippen LogP contribution in [0.3, 0.4) is 0 Å². The van der Waals surface area contributed by atoms with Gasteiger partial charge in [-0.3, -0.25) is 14.9 Å². The lowest BCUT2D eigenvalue weighted by Crippen LogP contribution is -2.11. The smallest absolute Gasteiger partial charge is 0.310 e. The molecule has 0 aromatic heterocycles. The molecule has 5 nitrogen and oxygen atoms in total. The number of nitro groups is 1. The van der Waals surface area contributed by atoms with Crippen LogP contribution in [0, 0.1) is 27.4 Å². The summed E-state index contributed by atoms with van der Waals surface area (Å²) in [6.07, 6.45) is 1.61. The van der Waals surface area contributed by atoms with Crippen LogP contribution >= 0.6 is 46.4 Å². The molecule has 24 heavy (non-hydrogen) atoms. The summed E-state index contributed by atoms with van der Waals surface area (Å²) < 4.78 is 5.37. The maximum atomic E-state index is 12.3. The number of carbonyl (C=O) groups is 1. The molecular formula is C15H13Cl4NO4. The quantitative estimate of drug-likeness (QED) is 0.361. The number of ether oxygens (including phenoxy) is 1. The summed E-state index contributed by atoms with van der Waals surface area (Å²) in [4.78, 5) is 22.4.